The topological polar surface area (TPSA) is 0 Å². The van der Waals surface area contributed by atoms with Gasteiger partial charge in [0.05, 0.1) is 0 Å². The van der Waals surface area contributed by atoms with Crippen LogP contribution in [0.3, 0.4) is 0 Å². The van der Waals surface area contributed by atoms with Gasteiger partial charge in [-0.15, -0.1) is 0 Å². The zero-order valence-electron chi connectivity index (χ0n) is 8.19. The number of allylic oxidation sites excluding steroid dienone is 4. The summed E-state index contributed by atoms with van der Waals surface area (Å²) >= 11 is 0. The van der Waals surface area contributed by atoms with Crippen molar-refractivity contribution in [1.82, 2.24) is 0 Å². The summed E-state index contributed by atoms with van der Waals surface area (Å²) in [6, 6.07) is 0. The number of rotatable bonds is 0. The minimum Gasteiger partial charge on any atom is -0.0690 e. The molecule has 2 rings (SSSR count). The highest BCUT2D eigenvalue weighted by atomic mass is 14.3. The summed E-state index contributed by atoms with van der Waals surface area (Å²) in [5, 5.41) is 0. The highest BCUT2D eigenvalue weighted by Crippen LogP contribution is 2.37. The summed E-state index contributed by atoms with van der Waals surface area (Å²) in [6.45, 7) is 4.65. The summed E-state index contributed by atoms with van der Waals surface area (Å²) in [4.78, 5) is 0. The molecule has 0 saturated heterocycles. The molecule has 0 aliphatic heterocycles. The molecule has 0 fully saturated rings. The lowest BCUT2D eigenvalue weighted by molar-refractivity contribution is 0.590. The predicted molar refractivity (Wildman–Crippen MR) is 53.0 cm³/mol. The van der Waals surface area contributed by atoms with Gasteiger partial charge in [-0.1, -0.05) is 30.6 Å². The van der Waals surface area contributed by atoms with E-state index in [9.17, 15) is 0 Å². The molecule has 12 heavy (non-hydrogen) atoms. The first-order valence-electron chi connectivity index (χ1n) is 5.16. The molecule has 1 unspecified atom stereocenters. The summed E-state index contributed by atoms with van der Waals surface area (Å²) in [6.07, 6.45) is 9.34. The fourth-order valence-corrected chi connectivity index (χ4v) is 2.53. The second kappa shape index (κ2) is 3.08. The monoisotopic (exact) mass is 162 g/mol. The Labute approximate surface area is 75.4 Å². The molecule has 0 N–H and O–H groups in total. The van der Waals surface area contributed by atoms with Crippen molar-refractivity contribution < 1.29 is 0 Å². The Morgan fingerprint density at radius 1 is 1.33 bits per heavy atom. The van der Waals surface area contributed by atoms with E-state index in [1.165, 1.54) is 32.1 Å². The predicted octanol–water partition coefficient (Wildman–Crippen LogP) is 3.84. The van der Waals surface area contributed by atoms with Crippen molar-refractivity contribution in [2.24, 2.45) is 5.92 Å². The van der Waals surface area contributed by atoms with Gasteiger partial charge < -0.3 is 0 Å². The fraction of sp³-hybridized carbons (Fsp3) is 0.667. The van der Waals surface area contributed by atoms with Crippen molar-refractivity contribution in [3.05, 3.63) is 22.8 Å². The third-order valence-electron chi connectivity index (χ3n) is 3.20. The minimum atomic E-state index is 0.833. The lowest BCUT2D eigenvalue weighted by Crippen LogP contribution is -1.95. The largest absolute Gasteiger partial charge is 0.0690 e. The quantitative estimate of drug-likeness (QED) is 0.507. The first-order chi connectivity index (χ1) is 5.77. The number of hydrogen-bond donors (Lipinski definition) is 0. The second-order valence-corrected chi connectivity index (χ2v) is 4.37. The molecule has 0 nitrogen and oxygen atoms in total. The molecule has 1 atom stereocenters. The molecule has 66 valence electrons. The summed E-state index contributed by atoms with van der Waals surface area (Å²) < 4.78 is 0. The third kappa shape index (κ3) is 1.35. The maximum atomic E-state index is 2.44. The van der Waals surface area contributed by atoms with Crippen molar-refractivity contribution in [2.45, 2.75) is 46.0 Å². The molecule has 2 aliphatic carbocycles. The molecular weight excluding hydrogens is 144 g/mol. The van der Waals surface area contributed by atoms with Crippen LogP contribution in [0.25, 0.3) is 0 Å². The Morgan fingerprint density at radius 3 is 3.00 bits per heavy atom. The maximum Gasteiger partial charge on any atom is -0.0102 e. The summed E-state index contributed by atoms with van der Waals surface area (Å²) in [5.74, 6) is 0.833. The Bertz CT molecular complexity index is 243. The fourth-order valence-electron chi connectivity index (χ4n) is 2.53. The molecular formula is C12H18. The molecule has 0 heterocycles. The average molecular weight is 162 g/mol. The maximum absolute atomic E-state index is 2.44. The zero-order valence-corrected chi connectivity index (χ0v) is 8.19. The van der Waals surface area contributed by atoms with Crippen LogP contribution in [0, 0.1) is 5.92 Å². The number of hydrogen-bond acceptors (Lipinski definition) is 0. The van der Waals surface area contributed by atoms with E-state index < -0.39 is 0 Å². The van der Waals surface area contributed by atoms with E-state index in [1.807, 2.05) is 0 Å². The zero-order chi connectivity index (χ0) is 8.55. The molecule has 0 spiro atoms. The Morgan fingerprint density at radius 2 is 2.17 bits per heavy atom. The Balaban J connectivity index is 2.25. The molecule has 0 radical (unpaired) electrons. The summed E-state index contributed by atoms with van der Waals surface area (Å²) in [5.41, 5.74) is 5.01. The SMILES string of the molecule is CC1=CC2=C(CCCCC2C)C1. The molecule has 2 aliphatic rings. The van der Waals surface area contributed by atoms with Crippen LogP contribution in [-0.2, 0) is 0 Å². The molecule has 0 amide bonds. The first-order valence-corrected chi connectivity index (χ1v) is 5.16. The summed E-state index contributed by atoms with van der Waals surface area (Å²) in [7, 11) is 0. The molecule has 0 heteroatoms. The van der Waals surface area contributed by atoms with Gasteiger partial charge >= 0.3 is 0 Å². The Kier molecular flexibility index (Phi) is 2.08. The molecule has 0 aromatic carbocycles. The van der Waals surface area contributed by atoms with Crippen LogP contribution in [0.4, 0.5) is 0 Å². The van der Waals surface area contributed by atoms with Crippen LogP contribution >= 0.6 is 0 Å². The van der Waals surface area contributed by atoms with Crippen LogP contribution in [0.1, 0.15) is 46.0 Å². The van der Waals surface area contributed by atoms with Gasteiger partial charge in [0, 0.05) is 0 Å². The lowest BCUT2D eigenvalue weighted by Gasteiger charge is -2.09. The molecule has 0 aromatic heterocycles. The normalized spacial score (nSPS) is 29.8. The van der Waals surface area contributed by atoms with E-state index in [4.69, 9.17) is 0 Å². The van der Waals surface area contributed by atoms with Crippen LogP contribution in [-0.4, -0.2) is 0 Å². The average Bonchev–Trinajstić information content (AvgIpc) is 2.33. The van der Waals surface area contributed by atoms with Gasteiger partial charge in [0.1, 0.15) is 0 Å². The van der Waals surface area contributed by atoms with Crippen molar-refractivity contribution in [2.75, 3.05) is 0 Å². The molecule has 0 aromatic rings. The highest BCUT2D eigenvalue weighted by molar-refractivity contribution is 5.40. The van der Waals surface area contributed by atoms with Gasteiger partial charge in [0.25, 0.3) is 0 Å². The smallest absolute Gasteiger partial charge is 0.0102 e. The third-order valence-corrected chi connectivity index (χ3v) is 3.20. The molecule has 0 bridgehead atoms. The van der Waals surface area contributed by atoms with Crippen LogP contribution in [0.2, 0.25) is 0 Å². The second-order valence-electron chi connectivity index (χ2n) is 4.37. The van der Waals surface area contributed by atoms with Gasteiger partial charge in [0.15, 0.2) is 0 Å². The van der Waals surface area contributed by atoms with Crippen molar-refractivity contribution >= 4 is 0 Å². The van der Waals surface area contributed by atoms with Crippen LogP contribution in [0.15, 0.2) is 22.8 Å². The molecule has 0 saturated carbocycles. The Hall–Kier alpha value is -0.520. The van der Waals surface area contributed by atoms with E-state index >= 15 is 0 Å². The van der Waals surface area contributed by atoms with Gasteiger partial charge in [-0.2, -0.15) is 0 Å². The van der Waals surface area contributed by atoms with Crippen molar-refractivity contribution in [3.8, 4) is 0 Å². The standard InChI is InChI=1S/C12H18/c1-9-7-11-6-4-3-5-10(2)12(11)8-9/h8,10H,3-7H2,1-2H3. The van der Waals surface area contributed by atoms with E-state index in [0.717, 1.165) is 5.92 Å². The van der Waals surface area contributed by atoms with Crippen molar-refractivity contribution in [1.29, 1.82) is 0 Å². The van der Waals surface area contributed by atoms with E-state index in [1.54, 1.807) is 16.7 Å². The van der Waals surface area contributed by atoms with Gasteiger partial charge in [-0.05, 0) is 44.1 Å². The van der Waals surface area contributed by atoms with Crippen LogP contribution in [0.5, 0.6) is 0 Å². The van der Waals surface area contributed by atoms with Gasteiger partial charge in [-0.3, -0.25) is 0 Å². The van der Waals surface area contributed by atoms with Gasteiger partial charge in [-0.25, -0.2) is 0 Å². The van der Waals surface area contributed by atoms with Crippen molar-refractivity contribution in [3.63, 3.8) is 0 Å². The first kappa shape index (κ1) is 8.10. The van der Waals surface area contributed by atoms with Crippen LogP contribution < -0.4 is 0 Å². The minimum absolute atomic E-state index is 0.833. The van der Waals surface area contributed by atoms with E-state index in [2.05, 4.69) is 19.9 Å². The van der Waals surface area contributed by atoms with E-state index in [-0.39, 0.29) is 0 Å². The lowest BCUT2D eigenvalue weighted by atomic mass is 9.96. The van der Waals surface area contributed by atoms with Gasteiger partial charge in [0.2, 0.25) is 0 Å². The highest BCUT2D eigenvalue weighted by Gasteiger charge is 2.20. The van der Waals surface area contributed by atoms with E-state index in [0.29, 0.717) is 0 Å².